The van der Waals surface area contributed by atoms with Gasteiger partial charge in [-0.25, -0.2) is 4.98 Å². The van der Waals surface area contributed by atoms with E-state index in [2.05, 4.69) is 105 Å². The van der Waals surface area contributed by atoms with Gasteiger partial charge < -0.3 is 24.8 Å². The molecule has 0 spiro atoms. The third-order valence-corrected chi connectivity index (χ3v) is 19.9. The van der Waals surface area contributed by atoms with Crippen LogP contribution in [-0.2, 0) is 31.0 Å². The number of anilines is 1. The Hall–Kier alpha value is -5.16. The Morgan fingerprint density at radius 1 is 0.735 bits per heavy atom. The summed E-state index contributed by atoms with van der Waals surface area (Å²) >= 11 is 0. The first-order valence-corrected chi connectivity index (χ1v) is 25.8. The first-order chi connectivity index (χ1) is 32.3. The zero-order valence-electron chi connectivity index (χ0n) is 41.1. The van der Waals surface area contributed by atoms with Crippen LogP contribution >= 0.6 is 0 Å². The van der Waals surface area contributed by atoms with E-state index in [1.54, 1.807) is 0 Å². The molecule has 1 unspecified atom stereocenters. The van der Waals surface area contributed by atoms with Crippen molar-refractivity contribution in [3.8, 4) is 0 Å². The van der Waals surface area contributed by atoms with Crippen molar-refractivity contribution in [3.05, 3.63) is 88.7 Å². The van der Waals surface area contributed by atoms with Crippen LogP contribution in [0, 0.1) is 27.6 Å². The zero-order valence-corrected chi connectivity index (χ0v) is 41.1. The van der Waals surface area contributed by atoms with Crippen molar-refractivity contribution in [2.24, 2.45) is 32.6 Å². The average molecular weight is 917 g/mol. The van der Waals surface area contributed by atoms with Gasteiger partial charge in [0.15, 0.2) is 5.78 Å². The van der Waals surface area contributed by atoms with Gasteiger partial charge >= 0.3 is 0 Å². The summed E-state index contributed by atoms with van der Waals surface area (Å²) in [7, 11) is 0. The van der Waals surface area contributed by atoms with E-state index in [1.165, 1.54) is 27.9 Å². The molecule has 68 heavy (non-hydrogen) atoms. The van der Waals surface area contributed by atoms with Crippen molar-refractivity contribution in [2.45, 2.75) is 167 Å². The van der Waals surface area contributed by atoms with Gasteiger partial charge in [-0.1, -0.05) is 78.8 Å². The number of rotatable bonds is 7. The van der Waals surface area contributed by atoms with Crippen LogP contribution in [0.5, 0.6) is 0 Å². The molecule has 4 bridgehead atoms. The molecule has 7 fully saturated rings. The molecule has 12 rings (SSSR count). The molecule has 3 aromatic carbocycles. The van der Waals surface area contributed by atoms with Crippen molar-refractivity contribution < 1.29 is 24.3 Å². The molecular weight excluding hydrogens is 849 g/mol. The van der Waals surface area contributed by atoms with E-state index in [4.69, 9.17) is 9.98 Å². The smallest absolute Gasteiger partial charge is 0.237 e. The second-order valence-corrected chi connectivity index (χ2v) is 24.3. The van der Waals surface area contributed by atoms with Crippen LogP contribution in [0.3, 0.4) is 0 Å². The number of aromatic nitrogens is 2. The summed E-state index contributed by atoms with van der Waals surface area (Å²) in [6.07, 6.45) is 9.06. The highest BCUT2D eigenvalue weighted by Gasteiger charge is 2.76. The van der Waals surface area contributed by atoms with E-state index in [0.717, 1.165) is 73.2 Å². The molecular formula is C57H68N6O5. The predicted molar refractivity (Wildman–Crippen MR) is 263 cm³/mol. The molecule has 5 heterocycles. The second-order valence-electron chi connectivity index (χ2n) is 24.3. The number of nitrogens with one attached hydrogen (secondary N) is 1. The molecule has 11 heteroatoms. The molecule has 8 atom stereocenters. The predicted octanol–water partition coefficient (Wildman–Crippen LogP) is 10.1. The number of benzene rings is 3. The number of aromatic amines is 1. The van der Waals surface area contributed by atoms with Gasteiger partial charge in [-0.05, 0) is 134 Å². The van der Waals surface area contributed by atoms with E-state index in [1.807, 2.05) is 23.6 Å². The molecule has 2 N–H and O–H groups in total. The van der Waals surface area contributed by atoms with Crippen LogP contribution in [0.2, 0.25) is 0 Å². The first kappa shape index (κ1) is 44.1. The zero-order chi connectivity index (χ0) is 47.5. The average Bonchev–Trinajstić information content (AvgIpc) is 4.18. The number of aliphatic imine (C=N–C) groups is 1. The Morgan fingerprint density at radius 2 is 1.40 bits per heavy atom. The van der Waals surface area contributed by atoms with Crippen molar-refractivity contribution >= 4 is 51.5 Å². The maximum Gasteiger partial charge on any atom is 0.237 e. The summed E-state index contributed by atoms with van der Waals surface area (Å²) in [5.74, 6) is 1.02. The minimum atomic E-state index is -1.17. The van der Waals surface area contributed by atoms with E-state index >= 15 is 0 Å². The summed E-state index contributed by atoms with van der Waals surface area (Å²) in [6, 6.07) is 22.4. The number of hydrogen-bond acceptors (Lipinski definition) is 8. The Kier molecular flexibility index (Phi) is 9.52. The molecule has 3 saturated heterocycles. The molecule has 11 nitrogen and oxygen atoms in total. The lowest BCUT2D eigenvalue weighted by Crippen LogP contribution is -2.55. The van der Waals surface area contributed by atoms with Gasteiger partial charge in [0.2, 0.25) is 11.8 Å². The fraction of sp³-hybridized carbons (Fsp3) is 0.579. The third-order valence-electron chi connectivity index (χ3n) is 19.9. The summed E-state index contributed by atoms with van der Waals surface area (Å²) in [5, 5.41) is 11.4. The topological polar surface area (TPSA) is 139 Å². The number of imidazole rings is 1. The van der Waals surface area contributed by atoms with Gasteiger partial charge in [-0.3, -0.25) is 24.2 Å². The number of H-pyrrole nitrogens is 1. The number of likely N-dealkylation sites (tertiary alicyclic amines) is 2. The van der Waals surface area contributed by atoms with Gasteiger partial charge in [-0.2, -0.15) is 0 Å². The molecule has 4 aliphatic carbocycles. The van der Waals surface area contributed by atoms with Gasteiger partial charge in [0.05, 0.1) is 46.5 Å². The summed E-state index contributed by atoms with van der Waals surface area (Å²) < 4.78 is 0. The van der Waals surface area contributed by atoms with E-state index in [0.29, 0.717) is 45.2 Å². The van der Waals surface area contributed by atoms with Crippen LogP contribution in [-0.4, -0.2) is 78.7 Å². The van der Waals surface area contributed by atoms with Crippen LogP contribution < -0.4 is 4.90 Å². The Balaban J connectivity index is 0.823. The first-order valence-electron chi connectivity index (χ1n) is 25.8. The van der Waals surface area contributed by atoms with Gasteiger partial charge in [0.25, 0.3) is 0 Å². The van der Waals surface area contributed by atoms with E-state index in [9.17, 15) is 24.3 Å². The van der Waals surface area contributed by atoms with Crippen LogP contribution in [0.1, 0.15) is 172 Å². The largest absolute Gasteiger partial charge is 0.389 e. The Bertz CT molecular complexity index is 2850. The van der Waals surface area contributed by atoms with E-state index in [-0.39, 0.29) is 70.7 Å². The summed E-state index contributed by atoms with van der Waals surface area (Å²) in [5.41, 5.74) is 5.57. The molecule has 4 aliphatic heterocycles. The highest BCUT2D eigenvalue weighted by molar-refractivity contribution is 6.12. The standard InChI is InChI=1S/C57H68N6O5/c1-52(2,3)36-14-16-38(17-15-36)63-43(33-12-18-39-35(28-33)30-42(58-39)45-10-8-26-61(45)51(67)57-25-24-55(68,32-48(57)65)54(57,6)7)20-21-44(63)34-13-19-40-41(29-34)60-49(59-40)46-11-9-27-62(46)50(66)56-23-22-37(31-47(56)64)53(56,4)5/h12-19,28-29,37,43-46,68H,8-11,20-27,30-32H2,1-7H3,(H,59,60)/t37-,43-,44?,45+,46+,55+,56+,57+/m1/s1. The number of fused-ring (bicyclic) bond motifs is 6. The normalized spacial score (nSPS) is 33.4. The number of hydrogen-bond donors (Lipinski definition) is 2. The molecule has 356 valence electrons. The van der Waals surface area contributed by atoms with E-state index < -0.39 is 21.8 Å². The fourth-order valence-corrected chi connectivity index (χ4v) is 15.5. The second kappa shape index (κ2) is 14.7. The lowest BCUT2D eigenvalue weighted by Gasteiger charge is -2.41. The Morgan fingerprint density at radius 3 is 2.03 bits per heavy atom. The van der Waals surface area contributed by atoms with Gasteiger partial charge in [0.1, 0.15) is 22.4 Å². The molecule has 1 aromatic heterocycles. The van der Waals surface area contributed by atoms with Crippen molar-refractivity contribution in [1.82, 2.24) is 19.8 Å². The maximum atomic E-state index is 14.6. The number of ketones is 2. The minimum absolute atomic E-state index is 0.0140. The molecule has 8 aliphatic rings. The minimum Gasteiger partial charge on any atom is -0.389 e. The van der Waals surface area contributed by atoms with Crippen molar-refractivity contribution in [1.29, 1.82) is 0 Å². The number of nitrogens with zero attached hydrogens (tertiary/aromatic N) is 5. The Labute approximate surface area is 400 Å². The summed E-state index contributed by atoms with van der Waals surface area (Å²) in [6.45, 7) is 16.1. The molecule has 0 radical (unpaired) electrons. The number of Topliss-reactive ketones (excluding diaryl/α,β-unsaturated/α-hetero) is 2. The van der Waals surface area contributed by atoms with Gasteiger partial charge in [-0.15, -0.1) is 0 Å². The fourth-order valence-electron chi connectivity index (χ4n) is 15.5. The number of amides is 2. The SMILES string of the molecule is CC(C)(C)c1ccc(N2C(c3ccc4nc([C@@H]5CCCN5C(=O)[C@]56CC[C@H](CC5=O)C6(C)C)[nH]c4c3)CC[C@@H]2c2ccc3c(c2)CC([C@@H]2CCCN2C(=O)[C@]24CC[C@](O)(CC2=O)C4(C)C)=N3)cc1. The summed E-state index contributed by atoms with van der Waals surface area (Å²) in [4.78, 5) is 76.9. The van der Waals surface area contributed by atoms with Crippen molar-refractivity contribution in [2.75, 3.05) is 18.0 Å². The molecule has 4 aromatic rings. The number of aliphatic hydroxyl groups is 1. The third kappa shape index (κ3) is 5.86. The quantitative estimate of drug-likeness (QED) is 0.176. The van der Waals surface area contributed by atoms with Crippen LogP contribution in [0.25, 0.3) is 11.0 Å². The van der Waals surface area contributed by atoms with Crippen LogP contribution in [0.4, 0.5) is 11.4 Å². The highest BCUT2D eigenvalue weighted by Crippen LogP contribution is 2.67. The van der Waals surface area contributed by atoms with Crippen LogP contribution in [0.15, 0.2) is 65.7 Å². The maximum absolute atomic E-state index is 14.6. The van der Waals surface area contributed by atoms with Crippen molar-refractivity contribution in [3.63, 3.8) is 0 Å². The lowest BCUT2D eigenvalue weighted by atomic mass is 9.67. The van der Waals surface area contributed by atoms with Gasteiger partial charge in [0, 0.05) is 49.2 Å². The highest BCUT2D eigenvalue weighted by atomic mass is 16.3. The number of carbonyl (C=O) groups excluding carboxylic acids is 4. The molecule has 4 saturated carbocycles. The molecule has 2 amide bonds. The number of carbonyl (C=O) groups is 4. The monoisotopic (exact) mass is 917 g/mol. The lowest BCUT2D eigenvalue weighted by molar-refractivity contribution is -0.155.